The van der Waals surface area contributed by atoms with Crippen molar-refractivity contribution in [3.05, 3.63) is 65.7 Å². The number of halogens is 2. The zero-order valence-corrected chi connectivity index (χ0v) is 17.9. The Labute approximate surface area is 179 Å². The Hall–Kier alpha value is -2.69. The zero-order chi connectivity index (χ0) is 19.1. The first-order chi connectivity index (χ1) is 13.2. The van der Waals surface area contributed by atoms with Gasteiger partial charge in [-0.25, -0.2) is 9.37 Å². The second-order valence-corrected chi connectivity index (χ2v) is 5.74. The molecule has 1 heterocycles. The Bertz CT molecular complexity index is 913. The predicted molar refractivity (Wildman–Crippen MR) is 117 cm³/mol. The second-order valence-electron chi connectivity index (χ2n) is 5.74. The Morgan fingerprint density at radius 2 is 1.89 bits per heavy atom. The van der Waals surface area contributed by atoms with Crippen LogP contribution in [0.15, 0.2) is 53.5 Å². The van der Waals surface area contributed by atoms with Crippen LogP contribution in [0.4, 0.5) is 4.39 Å². The quantitative estimate of drug-likeness (QED) is 0.278. The van der Waals surface area contributed by atoms with Gasteiger partial charge in [-0.15, -0.1) is 24.0 Å². The molecule has 0 spiro atoms. The topological polar surface area (TPSA) is 87.2 Å². The molecule has 3 rings (SSSR count). The molecule has 148 valence electrons. The number of methoxy groups -OCH3 is 1. The van der Waals surface area contributed by atoms with E-state index < -0.39 is 0 Å². The van der Waals surface area contributed by atoms with E-state index in [4.69, 9.17) is 4.74 Å². The number of H-pyrrole nitrogens is 1. The van der Waals surface area contributed by atoms with Crippen molar-refractivity contribution in [3.63, 3.8) is 0 Å². The number of aliphatic imine (C=N–C) groups is 1. The monoisotopic (exact) mass is 496 g/mol. The highest BCUT2D eigenvalue weighted by atomic mass is 127. The summed E-state index contributed by atoms with van der Waals surface area (Å²) in [5.74, 6) is 2.39. The fourth-order valence-corrected chi connectivity index (χ4v) is 2.46. The summed E-state index contributed by atoms with van der Waals surface area (Å²) in [7, 11) is 3.30. The van der Waals surface area contributed by atoms with E-state index in [9.17, 15) is 4.39 Å². The number of benzene rings is 2. The maximum Gasteiger partial charge on any atom is 0.191 e. The number of hydrogen-bond donors (Lipinski definition) is 3. The lowest BCUT2D eigenvalue weighted by Gasteiger charge is -2.10. The van der Waals surface area contributed by atoms with Gasteiger partial charge >= 0.3 is 0 Å². The molecule has 0 amide bonds. The number of ether oxygens (including phenoxy) is 1. The van der Waals surface area contributed by atoms with Crippen LogP contribution in [0.2, 0.25) is 0 Å². The normalized spacial score (nSPS) is 10.9. The summed E-state index contributed by atoms with van der Waals surface area (Å²) in [6.45, 7) is 0.886. The summed E-state index contributed by atoms with van der Waals surface area (Å²) >= 11 is 0. The van der Waals surface area contributed by atoms with E-state index in [0.29, 0.717) is 30.7 Å². The molecule has 0 aliphatic rings. The summed E-state index contributed by atoms with van der Waals surface area (Å²) in [4.78, 5) is 8.62. The lowest BCUT2D eigenvalue weighted by atomic mass is 10.2. The van der Waals surface area contributed by atoms with Gasteiger partial charge in [-0.3, -0.25) is 10.1 Å². The number of aromatic nitrogens is 3. The fourth-order valence-electron chi connectivity index (χ4n) is 2.46. The van der Waals surface area contributed by atoms with E-state index in [-0.39, 0.29) is 29.8 Å². The van der Waals surface area contributed by atoms with Gasteiger partial charge in [0.2, 0.25) is 0 Å². The van der Waals surface area contributed by atoms with Crippen LogP contribution in [0, 0.1) is 5.82 Å². The summed E-state index contributed by atoms with van der Waals surface area (Å²) in [6.07, 6.45) is 0. The number of hydrogen-bond acceptors (Lipinski definition) is 4. The SMILES string of the molecule is CN=C(NCc1cccc(F)c1)NCc1nc(-c2ccc(OC)cc2)n[nH]1.I. The van der Waals surface area contributed by atoms with Gasteiger partial charge < -0.3 is 15.4 Å². The molecule has 1 aromatic heterocycles. The molecule has 2 aromatic carbocycles. The van der Waals surface area contributed by atoms with Crippen molar-refractivity contribution in [1.29, 1.82) is 0 Å². The van der Waals surface area contributed by atoms with Gasteiger partial charge in [0.25, 0.3) is 0 Å². The molecule has 0 fully saturated rings. The Kier molecular flexibility index (Phi) is 8.18. The smallest absolute Gasteiger partial charge is 0.191 e. The van der Waals surface area contributed by atoms with E-state index in [1.807, 2.05) is 30.3 Å². The van der Waals surface area contributed by atoms with Crippen LogP contribution < -0.4 is 15.4 Å². The average Bonchev–Trinajstić information content (AvgIpc) is 3.17. The average molecular weight is 496 g/mol. The van der Waals surface area contributed by atoms with Gasteiger partial charge in [-0.2, -0.15) is 5.10 Å². The van der Waals surface area contributed by atoms with Crippen molar-refractivity contribution in [2.24, 2.45) is 4.99 Å². The zero-order valence-electron chi connectivity index (χ0n) is 15.6. The first-order valence-electron chi connectivity index (χ1n) is 8.42. The van der Waals surface area contributed by atoms with Gasteiger partial charge in [0.1, 0.15) is 17.4 Å². The summed E-state index contributed by atoms with van der Waals surface area (Å²) in [6, 6.07) is 14.0. The third kappa shape index (κ3) is 5.91. The standard InChI is InChI=1S/C19H21FN6O.HI/c1-21-19(22-11-13-4-3-5-15(20)10-13)23-12-17-24-18(26-25-17)14-6-8-16(27-2)9-7-14;/h3-10H,11-12H2,1-2H3,(H2,21,22,23)(H,24,25,26);1H. The lowest BCUT2D eigenvalue weighted by Crippen LogP contribution is -2.36. The first kappa shape index (κ1) is 21.6. The molecule has 0 bridgehead atoms. The predicted octanol–water partition coefficient (Wildman–Crippen LogP) is 3.10. The van der Waals surface area contributed by atoms with Crippen molar-refractivity contribution in [3.8, 4) is 17.1 Å². The van der Waals surface area contributed by atoms with Crippen LogP contribution in [-0.4, -0.2) is 35.3 Å². The molecular weight excluding hydrogens is 474 g/mol. The minimum absolute atomic E-state index is 0. The van der Waals surface area contributed by atoms with E-state index >= 15 is 0 Å². The van der Waals surface area contributed by atoms with E-state index in [1.54, 1.807) is 20.2 Å². The molecule has 28 heavy (non-hydrogen) atoms. The highest BCUT2D eigenvalue weighted by Gasteiger charge is 2.07. The number of nitrogens with one attached hydrogen (secondary N) is 3. The van der Waals surface area contributed by atoms with Crippen molar-refractivity contribution >= 4 is 29.9 Å². The Morgan fingerprint density at radius 1 is 1.14 bits per heavy atom. The Balaban J connectivity index is 0.00000280. The number of aromatic amines is 1. The third-order valence-electron chi connectivity index (χ3n) is 3.88. The van der Waals surface area contributed by atoms with Crippen molar-refractivity contribution < 1.29 is 9.13 Å². The highest BCUT2D eigenvalue weighted by Crippen LogP contribution is 2.18. The number of guanidine groups is 1. The largest absolute Gasteiger partial charge is 0.497 e. The van der Waals surface area contributed by atoms with E-state index in [1.165, 1.54) is 12.1 Å². The minimum atomic E-state index is -0.259. The van der Waals surface area contributed by atoms with E-state index in [0.717, 1.165) is 16.9 Å². The van der Waals surface area contributed by atoms with Crippen LogP contribution in [0.5, 0.6) is 5.75 Å². The van der Waals surface area contributed by atoms with Gasteiger partial charge in [-0.05, 0) is 42.0 Å². The van der Waals surface area contributed by atoms with Crippen molar-refractivity contribution in [2.75, 3.05) is 14.2 Å². The maximum absolute atomic E-state index is 13.2. The van der Waals surface area contributed by atoms with Gasteiger partial charge in [0.05, 0.1) is 13.7 Å². The maximum atomic E-state index is 13.2. The second kappa shape index (κ2) is 10.6. The molecule has 0 aliphatic carbocycles. The van der Waals surface area contributed by atoms with Gasteiger partial charge in [-0.1, -0.05) is 12.1 Å². The molecule has 0 saturated heterocycles. The molecule has 0 unspecified atom stereocenters. The van der Waals surface area contributed by atoms with E-state index in [2.05, 4.69) is 30.8 Å². The minimum Gasteiger partial charge on any atom is -0.497 e. The summed E-state index contributed by atoms with van der Waals surface area (Å²) in [5, 5.41) is 13.4. The molecule has 0 saturated carbocycles. The van der Waals surface area contributed by atoms with Crippen LogP contribution in [0.3, 0.4) is 0 Å². The molecule has 9 heteroatoms. The van der Waals surface area contributed by atoms with Gasteiger partial charge in [0, 0.05) is 19.2 Å². The summed E-state index contributed by atoms with van der Waals surface area (Å²) < 4.78 is 18.4. The molecule has 0 aliphatic heterocycles. The van der Waals surface area contributed by atoms with Crippen LogP contribution in [-0.2, 0) is 13.1 Å². The third-order valence-corrected chi connectivity index (χ3v) is 3.88. The van der Waals surface area contributed by atoms with Crippen LogP contribution >= 0.6 is 24.0 Å². The van der Waals surface area contributed by atoms with Gasteiger partial charge in [0.15, 0.2) is 11.8 Å². The fraction of sp³-hybridized carbons (Fsp3) is 0.211. The molecular formula is C19H22FIN6O. The van der Waals surface area contributed by atoms with Crippen molar-refractivity contribution in [1.82, 2.24) is 25.8 Å². The molecule has 0 atom stereocenters. The first-order valence-corrected chi connectivity index (χ1v) is 8.42. The van der Waals surface area contributed by atoms with Crippen LogP contribution in [0.1, 0.15) is 11.4 Å². The number of nitrogens with zero attached hydrogens (tertiary/aromatic N) is 3. The van der Waals surface area contributed by atoms with Crippen molar-refractivity contribution in [2.45, 2.75) is 13.1 Å². The molecule has 0 radical (unpaired) electrons. The Morgan fingerprint density at radius 3 is 2.57 bits per heavy atom. The molecule has 7 nitrogen and oxygen atoms in total. The highest BCUT2D eigenvalue weighted by molar-refractivity contribution is 14.0. The molecule has 3 N–H and O–H groups in total. The molecule has 3 aromatic rings. The lowest BCUT2D eigenvalue weighted by molar-refractivity contribution is 0.415. The number of rotatable bonds is 6. The van der Waals surface area contributed by atoms with Crippen LogP contribution in [0.25, 0.3) is 11.4 Å². The summed E-state index contributed by atoms with van der Waals surface area (Å²) in [5.41, 5.74) is 1.73.